The lowest BCUT2D eigenvalue weighted by Gasteiger charge is -2.12. The van der Waals surface area contributed by atoms with Crippen LogP contribution in [0.4, 0.5) is 0 Å². The number of hydrogen-bond acceptors (Lipinski definition) is 0. The number of halogens is 1. The van der Waals surface area contributed by atoms with Gasteiger partial charge in [-0.2, -0.15) is 0 Å². The van der Waals surface area contributed by atoms with Gasteiger partial charge in [0.2, 0.25) is 0 Å². The van der Waals surface area contributed by atoms with Crippen molar-refractivity contribution >= 4 is 22.6 Å². The molecule has 1 aromatic carbocycles. The Bertz CT molecular complexity index is 278. The zero-order valence-corrected chi connectivity index (χ0v) is 10.1. The van der Waals surface area contributed by atoms with E-state index in [9.17, 15) is 0 Å². The van der Waals surface area contributed by atoms with Crippen molar-refractivity contribution in [3.05, 3.63) is 46.1 Å². The standard InChI is InChI=1S/C12H15I/c1-3-4-7-10(2)11-8-5-6-9-12(11)13/h3,5-6,8-10H,1,4,7H2,2H3. The summed E-state index contributed by atoms with van der Waals surface area (Å²) in [5, 5.41) is 0. The Morgan fingerprint density at radius 1 is 1.46 bits per heavy atom. The van der Waals surface area contributed by atoms with Crippen LogP contribution in [0.1, 0.15) is 31.2 Å². The van der Waals surface area contributed by atoms with E-state index in [1.165, 1.54) is 15.6 Å². The van der Waals surface area contributed by atoms with Crippen molar-refractivity contribution in [2.24, 2.45) is 0 Å². The molecule has 0 aromatic heterocycles. The Labute approximate surface area is 94.2 Å². The molecular weight excluding hydrogens is 271 g/mol. The molecule has 0 spiro atoms. The molecule has 0 saturated carbocycles. The summed E-state index contributed by atoms with van der Waals surface area (Å²) in [7, 11) is 0. The smallest absolute Gasteiger partial charge is 0.0165 e. The van der Waals surface area contributed by atoms with Crippen molar-refractivity contribution in [3.8, 4) is 0 Å². The van der Waals surface area contributed by atoms with Crippen LogP contribution in [0, 0.1) is 3.57 Å². The van der Waals surface area contributed by atoms with Gasteiger partial charge >= 0.3 is 0 Å². The molecule has 0 N–H and O–H groups in total. The maximum atomic E-state index is 3.75. The van der Waals surface area contributed by atoms with Gasteiger partial charge < -0.3 is 0 Å². The molecule has 0 aliphatic heterocycles. The number of allylic oxidation sites excluding steroid dienone is 1. The summed E-state index contributed by atoms with van der Waals surface area (Å²) in [4.78, 5) is 0. The van der Waals surface area contributed by atoms with Gasteiger partial charge in [0, 0.05) is 3.57 Å². The van der Waals surface area contributed by atoms with Crippen LogP contribution in [0.2, 0.25) is 0 Å². The lowest BCUT2D eigenvalue weighted by molar-refractivity contribution is 0.688. The molecular formula is C12H15I. The van der Waals surface area contributed by atoms with Crippen molar-refractivity contribution in [3.63, 3.8) is 0 Å². The monoisotopic (exact) mass is 286 g/mol. The van der Waals surface area contributed by atoms with E-state index in [-0.39, 0.29) is 0 Å². The zero-order chi connectivity index (χ0) is 9.68. The van der Waals surface area contributed by atoms with Gasteiger partial charge in [0.25, 0.3) is 0 Å². The van der Waals surface area contributed by atoms with E-state index in [1.54, 1.807) is 0 Å². The Hall–Kier alpha value is -0.310. The van der Waals surface area contributed by atoms with Crippen LogP contribution in [-0.4, -0.2) is 0 Å². The second-order valence-electron chi connectivity index (χ2n) is 3.29. The highest BCUT2D eigenvalue weighted by atomic mass is 127. The maximum absolute atomic E-state index is 3.75. The van der Waals surface area contributed by atoms with Crippen molar-refractivity contribution in [2.45, 2.75) is 25.7 Å². The Morgan fingerprint density at radius 3 is 2.77 bits per heavy atom. The average molecular weight is 286 g/mol. The van der Waals surface area contributed by atoms with E-state index in [2.05, 4.69) is 60.4 Å². The van der Waals surface area contributed by atoms with Gasteiger partial charge in [0.1, 0.15) is 0 Å². The number of hydrogen-bond donors (Lipinski definition) is 0. The third-order valence-corrected chi connectivity index (χ3v) is 3.22. The molecule has 0 heterocycles. The molecule has 0 nitrogen and oxygen atoms in total. The van der Waals surface area contributed by atoms with Crippen molar-refractivity contribution in [2.75, 3.05) is 0 Å². The third kappa shape index (κ3) is 3.14. The minimum atomic E-state index is 0.645. The van der Waals surface area contributed by atoms with E-state index in [0.717, 1.165) is 6.42 Å². The van der Waals surface area contributed by atoms with Crippen LogP contribution in [0.15, 0.2) is 36.9 Å². The van der Waals surface area contributed by atoms with Crippen LogP contribution >= 0.6 is 22.6 Å². The van der Waals surface area contributed by atoms with Gasteiger partial charge in [0.05, 0.1) is 0 Å². The fourth-order valence-corrected chi connectivity index (χ4v) is 2.32. The molecule has 1 aromatic rings. The van der Waals surface area contributed by atoms with Crippen molar-refractivity contribution in [1.29, 1.82) is 0 Å². The highest BCUT2D eigenvalue weighted by Crippen LogP contribution is 2.25. The molecule has 0 aliphatic rings. The third-order valence-electron chi connectivity index (χ3n) is 2.24. The van der Waals surface area contributed by atoms with Gasteiger partial charge in [-0.3, -0.25) is 0 Å². The van der Waals surface area contributed by atoms with E-state index >= 15 is 0 Å². The summed E-state index contributed by atoms with van der Waals surface area (Å²) < 4.78 is 1.37. The summed E-state index contributed by atoms with van der Waals surface area (Å²) in [5.74, 6) is 0.645. The Kier molecular flexibility index (Phi) is 4.50. The van der Waals surface area contributed by atoms with Crippen LogP contribution in [0.5, 0.6) is 0 Å². The largest absolute Gasteiger partial charge is 0.103 e. The summed E-state index contributed by atoms with van der Waals surface area (Å²) in [6.45, 7) is 6.03. The summed E-state index contributed by atoms with van der Waals surface area (Å²) >= 11 is 2.40. The predicted molar refractivity (Wildman–Crippen MR) is 67.0 cm³/mol. The molecule has 0 fully saturated rings. The molecule has 1 atom stereocenters. The molecule has 1 rings (SSSR count). The van der Waals surface area contributed by atoms with Gasteiger partial charge in [-0.1, -0.05) is 31.2 Å². The van der Waals surface area contributed by atoms with Crippen LogP contribution in [-0.2, 0) is 0 Å². The quantitative estimate of drug-likeness (QED) is 0.570. The normalized spacial score (nSPS) is 12.5. The zero-order valence-electron chi connectivity index (χ0n) is 7.96. The van der Waals surface area contributed by atoms with Gasteiger partial charge in [-0.15, -0.1) is 6.58 Å². The summed E-state index contributed by atoms with van der Waals surface area (Å²) in [6.07, 6.45) is 4.29. The fraction of sp³-hybridized carbons (Fsp3) is 0.333. The molecule has 0 saturated heterocycles. The molecule has 0 amide bonds. The summed E-state index contributed by atoms with van der Waals surface area (Å²) in [5.41, 5.74) is 1.46. The summed E-state index contributed by atoms with van der Waals surface area (Å²) in [6, 6.07) is 8.59. The first-order chi connectivity index (χ1) is 6.25. The maximum Gasteiger partial charge on any atom is 0.0165 e. The first kappa shape index (κ1) is 10.8. The second kappa shape index (κ2) is 5.43. The lowest BCUT2D eigenvalue weighted by Crippen LogP contribution is -1.95. The first-order valence-corrected chi connectivity index (χ1v) is 5.69. The van der Waals surface area contributed by atoms with Gasteiger partial charge in [0.15, 0.2) is 0 Å². The van der Waals surface area contributed by atoms with Crippen molar-refractivity contribution < 1.29 is 0 Å². The number of benzene rings is 1. The molecule has 0 aliphatic carbocycles. The van der Waals surface area contributed by atoms with Crippen LogP contribution in [0.3, 0.4) is 0 Å². The Balaban J connectivity index is 2.70. The van der Waals surface area contributed by atoms with E-state index in [1.807, 2.05) is 6.08 Å². The van der Waals surface area contributed by atoms with E-state index in [0.29, 0.717) is 5.92 Å². The fourth-order valence-electron chi connectivity index (χ4n) is 1.40. The molecule has 0 radical (unpaired) electrons. The minimum Gasteiger partial charge on any atom is -0.103 e. The van der Waals surface area contributed by atoms with E-state index < -0.39 is 0 Å². The van der Waals surface area contributed by atoms with Gasteiger partial charge in [-0.05, 0) is 53.0 Å². The molecule has 70 valence electrons. The molecule has 1 unspecified atom stereocenters. The minimum absolute atomic E-state index is 0.645. The number of rotatable bonds is 4. The van der Waals surface area contributed by atoms with Crippen LogP contribution in [0.25, 0.3) is 0 Å². The molecule has 13 heavy (non-hydrogen) atoms. The van der Waals surface area contributed by atoms with E-state index in [4.69, 9.17) is 0 Å². The second-order valence-corrected chi connectivity index (χ2v) is 4.45. The molecule has 1 heteroatoms. The highest BCUT2D eigenvalue weighted by Gasteiger charge is 2.06. The van der Waals surface area contributed by atoms with Crippen LogP contribution < -0.4 is 0 Å². The topological polar surface area (TPSA) is 0 Å². The predicted octanol–water partition coefficient (Wildman–Crippen LogP) is 4.36. The van der Waals surface area contributed by atoms with Gasteiger partial charge in [-0.25, -0.2) is 0 Å². The molecule has 0 bridgehead atoms. The lowest BCUT2D eigenvalue weighted by atomic mass is 9.96. The average Bonchev–Trinajstić information content (AvgIpc) is 2.15. The Morgan fingerprint density at radius 2 is 2.15 bits per heavy atom. The van der Waals surface area contributed by atoms with Crippen molar-refractivity contribution in [1.82, 2.24) is 0 Å². The highest BCUT2D eigenvalue weighted by molar-refractivity contribution is 14.1. The first-order valence-electron chi connectivity index (χ1n) is 4.61. The SMILES string of the molecule is C=CCCC(C)c1ccccc1I.